The maximum atomic E-state index is 12.8. The minimum Gasteiger partial charge on any atom is -0.380 e. The number of hydrogen-bond acceptors (Lipinski definition) is 4. The van der Waals surface area contributed by atoms with Gasteiger partial charge in [0.05, 0.1) is 31.1 Å². The SMILES string of the molecule is CCOCC1CCn2nccc2CN1C(=O)c1cnc(C)[nH]1. The Morgan fingerprint density at radius 3 is 3.14 bits per heavy atom. The van der Waals surface area contributed by atoms with Gasteiger partial charge in [0.25, 0.3) is 5.91 Å². The fourth-order valence-corrected chi connectivity index (χ4v) is 2.78. The number of imidazole rings is 1. The first-order valence-corrected chi connectivity index (χ1v) is 7.60. The molecule has 7 nitrogen and oxygen atoms in total. The number of amides is 1. The zero-order valence-electron chi connectivity index (χ0n) is 13.0. The van der Waals surface area contributed by atoms with Gasteiger partial charge in [-0.3, -0.25) is 9.48 Å². The number of H-pyrrole nitrogens is 1. The topological polar surface area (TPSA) is 76.0 Å². The van der Waals surface area contributed by atoms with E-state index in [1.54, 1.807) is 12.4 Å². The van der Waals surface area contributed by atoms with Gasteiger partial charge in [0.1, 0.15) is 11.5 Å². The Kier molecular flexibility index (Phi) is 4.24. The van der Waals surface area contributed by atoms with E-state index in [0.29, 0.717) is 25.5 Å². The smallest absolute Gasteiger partial charge is 0.272 e. The second kappa shape index (κ2) is 6.31. The number of aromatic amines is 1. The van der Waals surface area contributed by atoms with Crippen LogP contribution in [-0.2, 0) is 17.8 Å². The van der Waals surface area contributed by atoms with Crippen LogP contribution in [-0.4, -0.2) is 49.8 Å². The van der Waals surface area contributed by atoms with E-state index in [2.05, 4.69) is 15.1 Å². The molecule has 0 radical (unpaired) electrons. The molecule has 1 amide bonds. The van der Waals surface area contributed by atoms with E-state index >= 15 is 0 Å². The van der Waals surface area contributed by atoms with Crippen molar-refractivity contribution in [3.8, 4) is 0 Å². The summed E-state index contributed by atoms with van der Waals surface area (Å²) in [6, 6.07) is 2.00. The molecule has 2 aromatic heterocycles. The highest BCUT2D eigenvalue weighted by atomic mass is 16.5. The highest BCUT2D eigenvalue weighted by Gasteiger charge is 2.29. The molecule has 0 saturated carbocycles. The summed E-state index contributed by atoms with van der Waals surface area (Å²) in [5.41, 5.74) is 1.57. The summed E-state index contributed by atoms with van der Waals surface area (Å²) in [7, 11) is 0. The maximum Gasteiger partial charge on any atom is 0.272 e. The molecule has 118 valence electrons. The first-order chi connectivity index (χ1) is 10.7. The van der Waals surface area contributed by atoms with E-state index < -0.39 is 0 Å². The molecule has 1 N–H and O–H groups in total. The minimum atomic E-state index is -0.0417. The van der Waals surface area contributed by atoms with Crippen molar-refractivity contribution in [3.63, 3.8) is 0 Å². The molecule has 0 aromatic carbocycles. The van der Waals surface area contributed by atoms with Crippen molar-refractivity contribution in [1.82, 2.24) is 24.6 Å². The van der Waals surface area contributed by atoms with Gasteiger partial charge in [0, 0.05) is 19.3 Å². The lowest BCUT2D eigenvalue weighted by Crippen LogP contribution is -2.42. The first-order valence-electron chi connectivity index (χ1n) is 7.60. The third kappa shape index (κ3) is 2.89. The molecule has 3 rings (SSSR count). The highest BCUT2D eigenvalue weighted by Crippen LogP contribution is 2.20. The van der Waals surface area contributed by atoms with Crippen molar-refractivity contribution in [2.24, 2.45) is 0 Å². The maximum absolute atomic E-state index is 12.8. The van der Waals surface area contributed by atoms with E-state index in [-0.39, 0.29) is 11.9 Å². The molecule has 1 aliphatic rings. The summed E-state index contributed by atoms with van der Waals surface area (Å²) in [5.74, 6) is 0.699. The summed E-state index contributed by atoms with van der Waals surface area (Å²) in [6.07, 6.45) is 4.20. The van der Waals surface area contributed by atoms with Crippen LogP contribution in [0.5, 0.6) is 0 Å². The largest absolute Gasteiger partial charge is 0.380 e. The zero-order chi connectivity index (χ0) is 15.5. The predicted molar refractivity (Wildman–Crippen MR) is 80.3 cm³/mol. The van der Waals surface area contributed by atoms with Crippen molar-refractivity contribution in [2.75, 3.05) is 13.2 Å². The summed E-state index contributed by atoms with van der Waals surface area (Å²) in [6.45, 7) is 6.32. The fourth-order valence-electron chi connectivity index (χ4n) is 2.78. The van der Waals surface area contributed by atoms with Crippen LogP contribution in [0.15, 0.2) is 18.5 Å². The molecule has 0 saturated heterocycles. The third-order valence-corrected chi connectivity index (χ3v) is 3.96. The number of aromatic nitrogens is 4. The van der Waals surface area contributed by atoms with Gasteiger partial charge in [-0.25, -0.2) is 4.98 Å². The molecule has 3 heterocycles. The monoisotopic (exact) mass is 303 g/mol. The molecule has 0 aliphatic carbocycles. The molecule has 1 atom stereocenters. The molecular formula is C15H21N5O2. The van der Waals surface area contributed by atoms with E-state index in [4.69, 9.17) is 4.74 Å². The van der Waals surface area contributed by atoms with Gasteiger partial charge in [-0.1, -0.05) is 0 Å². The van der Waals surface area contributed by atoms with Crippen molar-refractivity contribution in [2.45, 2.75) is 39.4 Å². The molecule has 1 aliphatic heterocycles. The van der Waals surface area contributed by atoms with E-state index in [0.717, 1.165) is 24.5 Å². The Morgan fingerprint density at radius 2 is 2.41 bits per heavy atom. The van der Waals surface area contributed by atoms with E-state index in [9.17, 15) is 4.79 Å². The Hall–Kier alpha value is -2.15. The molecular weight excluding hydrogens is 282 g/mol. The molecule has 7 heteroatoms. The van der Waals surface area contributed by atoms with Crippen molar-refractivity contribution >= 4 is 5.91 Å². The summed E-state index contributed by atoms with van der Waals surface area (Å²) in [4.78, 5) is 21.9. The second-order valence-corrected chi connectivity index (χ2v) is 5.46. The number of carbonyl (C=O) groups excluding carboxylic acids is 1. The van der Waals surface area contributed by atoms with Crippen LogP contribution in [0.4, 0.5) is 0 Å². The Bertz CT molecular complexity index is 648. The zero-order valence-corrected chi connectivity index (χ0v) is 13.0. The third-order valence-electron chi connectivity index (χ3n) is 3.96. The first kappa shape index (κ1) is 14.8. The van der Waals surface area contributed by atoms with Crippen LogP contribution in [0, 0.1) is 6.92 Å². The number of hydrogen-bond donors (Lipinski definition) is 1. The molecule has 22 heavy (non-hydrogen) atoms. The Labute approximate surface area is 129 Å². The van der Waals surface area contributed by atoms with Gasteiger partial charge < -0.3 is 14.6 Å². The fraction of sp³-hybridized carbons (Fsp3) is 0.533. The van der Waals surface area contributed by atoms with Crippen LogP contribution >= 0.6 is 0 Å². The number of nitrogens with one attached hydrogen (secondary N) is 1. The number of carbonyl (C=O) groups is 1. The van der Waals surface area contributed by atoms with Crippen LogP contribution in [0.25, 0.3) is 0 Å². The van der Waals surface area contributed by atoms with E-state index in [1.807, 2.05) is 29.5 Å². The molecule has 1 unspecified atom stereocenters. The number of ether oxygens (including phenoxy) is 1. The van der Waals surface area contributed by atoms with Crippen LogP contribution < -0.4 is 0 Å². The second-order valence-electron chi connectivity index (χ2n) is 5.46. The molecule has 0 fully saturated rings. The molecule has 0 bridgehead atoms. The standard InChI is InChI=1S/C15H21N5O2/c1-3-22-10-13-5-7-20-12(4-6-17-20)9-19(13)15(21)14-8-16-11(2)18-14/h4,6,8,13H,3,5,7,9-10H2,1-2H3,(H,16,18). The quantitative estimate of drug-likeness (QED) is 0.925. The summed E-state index contributed by atoms with van der Waals surface area (Å²) >= 11 is 0. The Balaban J connectivity index is 1.86. The van der Waals surface area contributed by atoms with Crippen molar-refractivity contribution in [1.29, 1.82) is 0 Å². The summed E-state index contributed by atoms with van der Waals surface area (Å²) < 4.78 is 7.54. The lowest BCUT2D eigenvalue weighted by Gasteiger charge is -2.29. The number of aryl methyl sites for hydroxylation is 2. The predicted octanol–water partition coefficient (Wildman–Crippen LogP) is 1.37. The summed E-state index contributed by atoms with van der Waals surface area (Å²) in [5, 5.41) is 4.32. The number of fused-ring (bicyclic) bond motifs is 1. The highest BCUT2D eigenvalue weighted by molar-refractivity contribution is 5.92. The van der Waals surface area contributed by atoms with Crippen molar-refractivity contribution < 1.29 is 9.53 Å². The normalized spacial score (nSPS) is 18.1. The molecule has 0 spiro atoms. The van der Waals surface area contributed by atoms with Crippen molar-refractivity contribution in [3.05, 3.63) is 35.7 Å². The van der Waals surface area contributed by atoms with Crippen LogP contribution in [0.2, 0.25) is 0 Å². The van der Waals surface area contributed by atoms with Gasteiger partial charge in [-0.2, -0.15) is 5.10 Å². The Morgan fingerprint density at radius 1 is 1.55 bits per heavy atom. The lowest BCUT2D eigenvalue weighted by atomic mass is 10.1. The number of rotatable bonds is 4. The number of nitrogens with zero attached hydrogens (tertiary/aromatic N) is 4. The van der Waals surface area contributed by atoms with Gasteiger partial charge in [0.15, 0.2) is 0 Å². The van der Waals surface area contributed by atoms with Gasteiger partial charge in [0.2, 0.25) is 0 Å². The van der Waals surface area contributed by atoms with Gasteiger partial charge in [-0.15, -0.1) is 0 Å². The van der Waals surface area contributed by atoms with Gasteiger partial charge in [-0.05, 0) is 26.3 Å². The van der Waals surface area contributed by atoms with Crippen LogP contribution in [0.1, 0.15) is 35.4 Å². The minimum absolute atomic E-state index is 0.0396. The molecule has 2 aromatic rings. The van der Waals surface area contributed by atoms with E-state index in [1.165, 1.54) is 0 Å². The average molecular weight is 303 g/mol. The van der Waals surface area contributed by atoms with Gasteiger partial charge >= 0.3 is 0 Å². The average Bonchev–Trinajstić information content (AvgIpc) is 3.10. The van der Waals surface area contributed by atoms with Crippen LogP contribution in [0.3, 0.4) is 0 Å². The lowest BCUT2D eigenvalue weighted by molar-refractivity contribution is 0.0418.